The standard InChI is InChI=1S/C28H33ClF6N4O4/c1-6-43-24(42)26(5)9-7-17(8-10-26)39-22(27(30,31)32)18(12-37-39)23(41)38(15-25(3,4)28(33,34)35)14-20(40)21-16(2)11-36-13-19(21)29/h11-13,17H,6-10,14-15H2,1-5H3/t17-,26-. The molecule has 8 nitrogen and oxygen atoms in total. The number of amides is 1. The number of ketones is 1. The summed E-state index contributed by atoms with van der Waals surface area (Å²) in [6.07, 6.45) is -6.29. The molecule has 1 saturated carbocycles. The molecule has 0 aliphatic heterocycles. The lowest BCUT2D eigenvalue weighted by atomic mass is 9.74. The summed E-state index contributed by atoms with van der Waals surface area (Å²) >= 11 is 6.08. The van der Waals surface area contributed by atoms with E-state index in [1.807, 2.05) is 0 Å². The molecule has 1 fully saturated rings. The number of rotatable bonds is 9. The van der Waals surface area contributed by atoms with Gasteiger partial charge in [0.15, 0.2) is 11.5 Å². The van der Waals surface area contributed by atoms with Crippen LogP contribution in [-0.4, -0.2) is 63.2 Å². The zero-order chi connectivity index (χ0) is 32.5. The van der Waals surface area contributed by atoms with Crippen LogP contribution in [0.4, 0.5) is 26.3 Å². The Morgan fingerprint density at radius 3 is 2.21 bits per heavy atom. The van der Waals surface area contributed by atoms with Crippen molar-refractivity contribution in [2.45, 2.75) is 78.7 Å². The third kappa shape index (κ3) is 7.32. The fourth-order valence-electron chi connectivity index (χ4n) is 5.15. The molecule has 1 aliphatic rings. The van der Waals surface area contributed by atoms with Crippen LogP contribution in [0.2, 0.25) is 5.02 Å². The first-order valence-electron chi connectivity index (χ1n) is 13.5. The molecule has 0 N–H and O–H groups in total. The molecule has 2 heterocycles. The molecule has 43 heavy (non-hydrogen) atoms. The van der Waals surface area contributed by atoms with Crippen LogP contribution in [0, 0.1) is 17.8 Å². The van der Waals surface area contributed by atoms with Gasteiger partial charge in [0.2, 0.25) is 0 Å². The second-order valence-electron chi connectivity index (χ2n) is 11.6. The van der Waals surface area contributed by atoms with Crippen LogP contribution in [-0.2, 0) is 15.7 Å². The Morgan fingerprint density at radius 1 is 1.09 bits per heavy atom. The van der Waals surface area contributed by atoms with E-state index in [1.165, 1.54) is 13.1 Å². The van der Waals surface area contributed by atoms with E-state index in [0.717, 1.165) is 20.0 Å². The van der Waals surface area contributed by atoms with Gasteiger partial charge in [-0.25, -0.2) is 0 Å². The van der Waals surface area contributed by atoms with E-state index in [1.54, 1.807) is 13.8 Å². The van der Waals surface area contributed by atoms with Gasteiger partial charge in [-0.05, 0) is 65.9 Å². The first-order chi connectivity index (χ1) is 19.7. The van der Waals surface area contributed by atoms with E-state index in [9.17, 15) is 40.7 Å². The van der Waals surface area contributed by atoms with Crippen molar-refractivity contribution in [2.75, 3.05) is 19.7 Å². The summed E-state index contributed by atoms with van der Waals surface area (Å²) in [5.74, 6) is -2.78. The highest BCUT2D eigenvalue weighted by Gasteiger charge is 2.50. The van der Waals surface area contributed by atoms with Gasteiger partial charge in [0.05, 0.1) is 46.8 Å². The molecular weight excluding hydrogens is 606 g/mol. The van der Waals surface area contributed by atoms with Gasteiger partial charge in [0.1, 0.15) is 0 Å². The van der Waals surface area contributed by atoms with Crippen LogP contribution < -0.4 is 0 Å². The average molecular weight is 639 g/mol. The molecule has 15 heteroatoms. The van der Waals surface area contributed by atoms with Crippen molar-refractivity contribution in [2.24, 2.45) is 10.8 Å². The molecular formula is C28H33ClF6N4O4. The molecule has 1 amide bonds. The monoisotopic (exact) mass is 638 g/mol. The summed E-state index contributed by atoms with van der Waals surface area (Å²) in [5, 5.41) is 3.72. The van der Waals surface area contributed by atoms with Crippen molar-refractivity contribution in [1.82, 2.24) is 19.7 Å². The molecule has 3 rings (SSSR count). The smallest absolute Gasteiger partial charge is 0.433 e. The third-order valence-electron chi connectivity index (χ3n) is 7.81. The van der Waals surface area contributed by atoms with Crippen LogP contribution in [0.3, 0.4) is 0 Å². The minimum Gasteiger partial charge on any atom is -0.466 e. The Labute approximate surface area is 249 Å². The van der Waals surface area contributed by atoms with Crippen LogP contribution in [0.5, 0.6) is 0 Å². The van der Waals surface area contributed by atoms with Crippen molar-refractivity contribution in [1.29, 1.82) is 0 Å². The molecule has 0 bridgehead atoms. The van der Waals surface area contributed by atoms with Gasteiger partial charge in [0, 0.05) is 24.5 Å². The maximum absolute atomic E-state index is 14.5. The largest absolute Gasteiger partial charge is 0.466 e. The molecule has 0 radical (unpaired) electrons. The Morgan fingerprint density at radius 2 is 1.70 bits per heavy atom. The molecule has 0 atom stereocenters. The van der Waals surface area contributed by atoms with E-state index in [2.05, 4.69) is 10.1 Å². The Hall–Kier alpha value is -3.16. The fraction of sp³-hybridized carbons (Fsp3) is 0.607. The number of esters is 1. The van der Waals surface area contributed by atoms with E-state index in [4.69, 9.17) is 16.3 Å². The van der Waals surface area contributed by atoms with Crippen molar-refractivity contribution >= 4 is 29.3 Å². The zero-order valence-electron chi connectivity index (χ0n) is 24.3. The van der Waals surface area contributed by atoms with Gasteiger partial charge >= 0.3 is 18.3 Å². The highest BCUT2D eigenvalue weighted by molar-refractivity contribution is 6.34. The molecule has 0 unspecified atom stereocenters. The summed E-state index contributed by atoms with van der Waals surface area (Å²) in [4.78, 5) is 43.5. The molecule has 238 valence electrons. The maximum Gasteiger partial charge on any atom is 0.433 e. The highest BCUT2D eigenvalue weighted by Crippen LogP contribution is 2.44. The summed E-state index contributed by atoms with van der Waals surface area (Å²) < 4.78 is 90.8. The number of nitrogens with zero attached hydrogens (tertiary/aromatic N) is 4. The summed E-state index contributed by atoms with van der Waals surface area (Å²) in [6.45, 7) is 4.39. The Kier molecular flexibility index (Phi) is 9.94. The van der Waals surface area contributed by atoms with Gasteiger partial charge < -0.3 is 9.64 Å². The number of halogens is 7. The van der Waals surface area contributed by atoms with E-state index < -0.39 is 71.2 Å². The first kappa shape index (κ1) is 34.3. The SMILES string of the molecule is CCOC(=O)[C@]1(C)CC[C@@H](n2ncc(C(=O)N(CC(=O)c3c(C)cncc3Cl)CC(C)(C)C(F)(F)F)c2C(F)(F)F)CC1. The molecule has 0 saturated heterocycles. The predicted octanol–water partition coefficient (Wildman–Crippen LogP) is 6.86. The highest BCUT2D eigenvalue weighted by atomic mass is 35.5. The summed E-state index contributed by atoms with van der Waals surface area (Å²) in [7, 11) is 0. The van der Waals surface area contributed by atoms with Gasteiger partial charge in [0.25, 0.3) is 5.91 Å². The second-order valence-corrected chi connectivity index (χ2v) is 12.0. The van der Waals surface area contributed by atoms with Gasteiger partial charge in [-0.2, -0.15) is 31.4 Å². The minimum atomic E-state index is -5.12. The lowest BCUT2D eigenvalue weighted by Crippen LogP contribution is -2.48. The number of hydrogen-bond acceptors (Lipinski definition) is 6. The van der Waals surface area contributed by atoms with E-state index in [-0.39, 0.29) is 48.4 Å². The topological polar surface area (TPSA) is 94.4 Å². The van der Waals surface area contributed by atoms with Gasteiger partial charge in [-0.15, -0.1) is 0 Å². The maximum atomic E-state index is 14.5. The number of carbonyl (C=O) groups excluding carboxylic acids is 3. The van der Waals surface area contributed by atoms with E-state index in [0.29, 0.717) is 15.8 Å². The fourth-order valence-corrected chi connectivity index (χ4v) is 5.46. The number of aromatic nitrogens is 3. The van der Waals surface area contributed by atoms with Crippen molar-refractivity contribution in [3.05, 3.63) is 46.0 Å². The Balaban J connectivity index is 2.02. The third-order valence-corrected chi connectivity index (χ3v) is 8.10. The van der Waals surface area contributed by atoms with Crippen LogP contribution >= 0.6 is 11.6 Å². The van der Waals surface area contributed by atoms with E-state index >= 15 is 0 Å². The average Bonchev–Trinajstić information content (AvgIpc) is 3.33. The number of ether oxygens (including phenoxy) is 1. The van der Waals surface area contributed by atoms with Gasteiger partial charge in [-0.1, -0.05) is 11.6 Å². The molecule has 0 spiro atoms. The van der Waals surface area contributed by atoms with Crippen LogP contribution in [0.1, 0.15) is 91.4 Å². The number of Topliss-reactive ketones (excluding diaryl/α,β-unsaturated/α-hetero) is 1. The quantitative estimate of drug-likeness (QED) is 0.169. The normalized spacial score (nSPS) is 19.7. The first-order valence-corrected chi connectivity index (χ1v) is 13.9. The molecule has 2 aromatic heterocycles. The summed E-state index contributed by atoms with van der Waals surface area (Å²) in [6, 6.07) is -0.847. The predicted molar refractivity (Wildman–Crippen MR) is 144 cm³/mol. The van der Waals surface area contributed by atoms with Crippen molar-refractivity contribution in [3.63, 3.8) is 0 Å². The Bertz CT molecular complexity index is 1340. The van der Waals surface area contributed by atoms with Gasteiger partial charge in [-0.3, -0.25) is 24.0 Å². The van der Waals surface area contributed by atoms with Crippen LogP contribution in [0.15, 0.2) is 18.6 Å². The zero-order valence-corrected chi connectivity index (χ0v) is 25.1. The minimum absolute atomic E-state index is 0.108. The number of carbonyl (C=O) groups is 3. The molecule has 2 aromatic rings. The number of alkyl halides is 6. The summed E-state index contributed by atoms with van der Waals surface area (Å²) in [5.41, 5.74) is -5.76. The molecule has 0 aromatic carbocycles. The lowest BCUT2D eigenvalue weighted by molar-refractivity contribution is -0.214. The number of hydrogen-bond donors (Lipinski definition) is 0. The lowest BCUT2D eigenvalue weighted by Gasteiger charge is -2.36. The van der Waals surface area contributed by atoms with Crippen molar-refractivity contribution < 1.29 is 45.5 Å². The number of pyridine rings is 1. The van der Waals surface area contributed by atoms with Crippen molar-refractivity contribution in [3.8, 4) is 0 Å². The second kappa shape index (κ2) is 12.4. The molecule has 1 aliphatic carbocycles. The van der Waals surface area contributed by atoms with Crippen LogP contribution in [0.25, 0.3) is 0 Å². The number of aryl methyl sites for hydroxylation is 1.